The molecule has 0 saturated carbocycles. The van der Waals surface area contributed by atoms with Crippen molar-refractivity contribution >= 4 is 45.0 Å². The van der Waals surface area contributed by atoms with Crippen LogP contribution in [-0.4, -0.2) is 34.2 Å². The summed E-state index contributed by atoms with van der Waals surface area (Å²) in [4.78, 5) is 21.4. The van der Waals surface area contributed by atoms with Crippen molar-refractivity contribution in [2.24, 2.45) is 0 Å². The van der Waals surface area contributed by atoms with Crippen molar-refractivity contribution in [3.63, 3.8) is 0 Å². The van der Waals surface area contributed by atoms with Crippen molar-refractivity contribution in [3.05, 3.63) is 65.7 Å². The van der Waals surface area contributed by atoms with E-state index in [1.165, 1.54) is 4.85 Å². The predicted molar refractivity (Wildman–Crippen MR) is 106 cm³/mol. The van der Waals surface area contributed by atoms with Gasteiger partial charge in [-0.3, -0.25) is 4.79 Å². The van der Waals surface area contributed by atoms with Crippen LogP contribution in [0.5, 0.6) is 0 Å². The summed E-state index contributed by atoms with van der Waals surface area (Å²) in [5.74, 6) is -0.167. The molecule has 3 aromatic carbocycles. The Bertz CT molecular complexity index is 1120. The average Bonchev–Trinajstić information content (AvgIpc) is 3.09. The Labute approximate surface area is 160 Å². The highest BCUT2D eigenvalue weighted by molar-refractivity contribution is 6.31. The molecule has 4 aromatic rings. The van der Waals surface area contributed by atoms with Crippen molar-refractivity contribution < 1.29 is 9.63 Å². The maximum Gasteiger partial charge on any atom is 0.267 e. The van der Waals surface area contributed by atoms with Crippen molar-refractivity contribution in [1.29, 1.82) is 0 Å². The molecule has 0 aliphatic carbocycles. The summed E-state index contributed by atoms with van der Waals surface area (Å²) >= 11 is 6.02. The lowest BCUT2D eigenvalue weighted by Gasteiger charge is -2.22. The van der Waals surface area contributed by atoms with E-state index in [1.807, 2.05) is 49.4 Å². The second-order valence-corrected chi connectivity index (χ2v) is 6.44. The Hall–Kier alpha value is -3.12. The molecule has 0 radical (unpaired) electrons. The smallest absolute Gasteiger partial charge is 0.267 e. The summed E-state index contributed by atoms with van der Waals surface area (Å²) in [5.41, 5.74) is 2.12. The van der Waals surface area contributed by atoms with Crippen LogP contribution in [0.15, 0.2) is 60.7 Å². The number of amides is 1. The van der Waals surface area contributed by atoms with E-state index in [1.54, 1.807) is 23.1 Å². The van der Waals surface area contributed by atoms with Gasteiger partial charge in [0.1, 0.15) is 11.0 Å². The number of rotatable bonds is 5. The maximum atomic E-state index is 12.8. The van der Waals surface area contributed by atoms with Gasteiger partial charge in [0.05, 0.1) is 5.69 Å². The quantitative estimate of drug-likeness (QED) is 0.529. The fraction of sp³-hybridized carbons (Fsp3) is 0.150. The first kappa shape index (κ1) is 17.3. The molecule has 0 fully saturated rings. The minimum atomic E-state index is -0.167. The van der Waals surface area contributed by atoms with Crippen LogP contribution < -0.4 is 9.74 Å². The normalized spacial score (nSPS) is 11.0. The van der Waals surface area contributed by atoms with E-state index < -0.39 is 0 Å². The monoisotopic (exact) mass is 380 g/mol. The zero-order valence-corrected chi connectivity index (χ0v) is 15.4. The van der Waals surface area contributed by atoms with Crippen molar-refractivity contribution in [2.75, 3.05) is 18.1 Å². The van der Waals surface area contributed by atoms with Gasteiger partial charge < -0.3 is 9.74 Å². The fourth-order valence-electron chi connectivity index (χ4n) is 3.09. The Kier molecular flexibility index (Phi) is 4.64. The molecule has 27 heavy (non-hydrogen) atoms. The summed E-state index contributed by atoms with van der Waals surface area (Å²) in [7, 11) is 0. The highest BCUT2D eigenvalue weighted by Gasteiger charge is 2.18. The number of likely N-dealkylation sites (N-methyl/N-ethyl adjacent to an activating group) is 1. The number of hydrogen-bond acceptors (Lipinski definition) is 4. The van der Waals surface area contributed by atoms with Crippen LogP contribution in [0.3, 0.4) is 0 Å². The van der Waals surface area contributed by atoms with E-state index in [0.29, 0.717) is 22.6 Å². The molecule has 4 rings (SSSR count). The van der Waals surface area contributed by atoms with Crippen LogP contribution in [0.25, 0.3) is 21.8 Å². The van der Waals surface area contributed by atoms with E-state index in [0.717, 1.165) is 16.5 Å². The van der Waals surface area contributed by atoms with Gasteiger partial charge in [-0.2, -0.15) is 0 Å². The first-order valence-corrected chi connectivity index (χ1v) is 8.97. The van der Waals surface area contributed by atoms with E-state index in [2.05, 4.69) is 10.3 Å². The van der Waals surface area contributed by atoms with Crippen LogP contribution >= 0.6 is 11.6 Å². The van der Waals surface area contributed by atoms with E-state index in [-0.39, 0.29) is 12.5 Å². The molecular formula is C20H17ClN4O2. The number of halogens is 1. The lowest BCUT2D eigenvalue weighted by molar-refractivity contribution is -0.123. The minimum absolute atomic E-state index is 0.165. The zero-order valence-electron chi connectivity index (χ0n) is 14.7. The van der Waals surface area contributed by atoms with Crippen LogP contribution in [0.2, 0.25) is 5.02 Å². The number of aromatic nitrogens is 3. The summed E-state index contributed by atoms with van der Waals surface area (Å²) < 4.78 is 0. The van der Waals surface area contributed by atoms with E-state index >= 15 is 0 Å². The largest absolute Gasteiger partial charge is 0.385 e. The summed E-state index contributed by atoms with van der Waals surface area (Å²) in [6.07, 6.45) is 0. The van der Waals surface area contributed by atoms with Crippen molar-refractivity contribution in [1.82, 2.24) is 15.2 Å². The maximum absolute atomic E-state index is 12.8. The number of anilines is 1. The molecular weight excluding hydrogens is 364 g/mol. The third kappa shape index (κ3) is 3.31. The topological polar surface area (TPSA) is 60.2 Å². The number of carbonyl (C=O) groups excluding carboxylic acids is 1. The number of fused-ring (bicyclic) bond motifs is 2. The molecule has 1 aromatic heterocycles. The van der Waals surface area contributed by atoms with Crippen molar-refractivity contribution in [2.45, 2.75) is 6.92 Å². The molecule has 136 valence electrons. The Morgan fingerprint density at radius 1 is 1.15 bits per heavy atom. The molecule has 0 aliphatic heterocycles. The molecule has 0 bridgehead atoms. The van der Waals surface area contributed by atoms with Gasteiger partial charge in [0, 0.05) is 17.0 Å². The Morgan fingerprint density at radius 2 is 1.96 bits per heavy atom. The second-order valence-electron chi connectivity index (χ2n) is 6.01. The standard InChI is InChI=1S/C20H17ClN4O2/c1-2-24(18-9-5-7-14-6-3-4-8-16(14)18)20(26)13-27-25-19-12-15(21)10-11-17(19)22-23-25/h3-12H,2,13H2,1H3. The molecule has 0 saturated heterocycles. The fourth-order valence-corrected chi connectivity index (χ4v) is 3.25. The summed E-state index contributed by atoms with van der Waals surface area (Å²) in [6.45, 7) is 2.30. The molecule has 6 nitrogen and oxygen atoms in total. The first-order valence-electron chi connectivity index (χ1n) is 8.60. The molecule has 0 aliphatic rings. The highest BCUT2D eigenvalue weighted by atomic mass is 35.5. The van der Waals surface area contributed by atoms with Gasteiger partial charge in [-0.15, -0.1) is 5.10 Å². The Balaban J connectivity index is 1.58. The lowest BCUT2D eigenvalue weighted by Crippen LogP contribution is -2.37. The van der Waals surface area contributed by atoms with Gasteiger partial charge in [0.2, 0.25) is 0 Å². The van der Waals surface area contributed by atoms with Crippen molar-refractivity contribution in [3.8, 4) is 0 Å². The van der Waals surface area contributed by atoms with Gasteiger partial charge in [-0.25, -0.2) is 0 Å². The third-order valence-electron chi connectivity index (χ3n) is 4.36. The van der Waals surface area contributed by atoms with Gasteiger partial charge >= 0.3 is 0 Å². The van der Waals surface area contributed by atoms with Crippen LogP contribution in [0, 0.1) is 0 Å². The minimum Gasteiger partial charge on any atom is -0.385 e. The predicted octanol–water partition coefficient (Wildman–Crippen LogP) is 3.72. The molecule has 0 spiro atoms. The lowest BCUT2D eigenvalue weighted by atomic mass is 10.1. The Morgan fingerprint density at radius 3 is 2.81 bits per heavy atom. The van der Waals surface area contributed by atoms with E-state index in [9.17, 15) is 4.79 Å². The van der Waals surface area contributed by atoms with Crippen LogP contribution in [-0.2, 0) is 4.79 Å². The number of nitrogens with zero attached hydrogens (tertiary/aromatic N) is 4. The number of benzene rings is 3. The van der Waals surface area contributed by atoms with E-state index in [4.69, 9.17) is 16.4 Å². The van der Waals surface area contributed by atoms with Gasteiger partial charge in [-0.1, -0.05) is 52.8 Å². The molecule has 1 amide bonds. The zero-order chi connectivity index (χ0) is 18.8. The highest BCUT2D eigenvalue weighted by Crippen LogP contribution is 2.26. The number of carbonyl (C=O) groups is 1. The second kappa shape index (κ2) is 7.25. The average molecular weight is 381 g/mol. The van der Waals surface area contributed by atoms with Gasteiger partial charge in [0.15, 0.2) is 6.61 Å². The third-order valence-corrected chi connectivity index (χ3v) is 4.60. The van der Waals surface area contributed by atoms with Gasteiger partial charge in [-0.05, 0) is 41.8 Å². The first-order chi connectivity index (χ1) is 13.2. The summed E-state index contributed by atoms with van der Waals surface area (Å²) in [5, 5.41) is 10.6. The van der Waals surface area contributed by atoms with Crippen LogP contribution in [0.4, 0.5) is 5.69 Å². The molecule has 0 unspecified atom stereocenters. The SMILES string of the molecule is CCN(C(=O)COn1nnc2ccc(Cl)cc21)c1cccc2ccccc12. The summed E-state index contributed by atoms with van der Waals surface area (Å²) in [6, 6.07) is 19.1. The molecule has 0 atom stereocenters. The number of hydrogen-bond donors (Lipinski definition) is 0. The van der Waals surface area contributed by atoms with Crippen LogP contribution in [0.1, 0.15) is 6.92 Å². The molecule has 1 heterocycles. The molecule has 7 heteroatoms. The molecule has 0 N–H and O–H groups in total. The van der Waals surface area contributed by atoms with Gasteiger partial charge in [0.25, 0.3) is 5.91 Å².